The predicted molar refractivity (Wildman–Crippen MR) is 115 cm³/mol. The Kier molecular flexibility index (Phi) is 6.42. The maximum Gasteiger partial charge on any atom is 0.154 e. The SMILES string of the molecule is Oc1c(Cl)cc(Cl)cc1C=Nc1cccc(/N=C/c2cc(Cl)cc(Cl)c2O)n1. The first-order chi connectivity index (χ1) is 13.3. The van der Waals surface area contributed by atoms with Gasteiger partial charge in [-0.15, -0.1) is 0 Å². The van der Waals surface area contributed by atoms with Crippen LogP contribution < -0.4 is 0 Å². The molecule has 28 heavy (non-hydrogen) atoms. The zero-order valence-corrected chi connectivity index (χ0v) is 17.0. The van der Waals surface area contributed by atoms with E-state index in [-0.39, 0.29) is 21.5 Å². The van der Waals surface area contributed by atoms with Crippen LogP contribution in [0.3, 0.4) is 0 Å². The van der Waals surface area contributed by atoms with Crippen LogP contribution in [0.5, 0.6) is 11.5 Å². The number of benzene rings is 2. The number of aliphatic imine (C=N–C) groups is 2. The van der Waals surface area contributed by atoms with Gasteiger partial charge in [-0.25, -0.2) is 15.0 Å². The quantitative estimate of drug-likeness (QED) is 0.435. The van der Waals surface area contributed by atoms with E-state index < -0.39 is 0 Å². The molecule has 0 atom stereocenters. The van der Waals surface area contributed by atoms with Gasteiger partial charge in [0, 0.05) is 33.6 Å². The average Bonchev–Trinajstić information content (AvgIpc) is 2.65. The Labute approximate surface area is 180 Å². The number of aromatic nitrogens is 1. The van der Waals surface area contributed by atoms with Crippen molar-refractivity contribution >= 4 is 70.5 Å². The number of aromatic hydroxyl groups is 2. The highest BCUT2D eigenvalue weighted by Gasteiger charge is 2.07. The van der Waals surface area contributed by atoms with Gasteiger partial charge >= 0.3 is 0 Å². The summed E-state index contributed by atoms with van der Waals surface area (Å²) in [5, 5.41) is 20.9. The summed E-state index contributed by atoms with van der Waals surface area (Å²) in [5.41, 5.74) is 0.707. The maximum atomic E-state index is 9.96. The van der Waals surface area contributed by atoms with Gasteiger partial charge in [-0.2, -0.15) is 0 Å². The lowest BCUT2D eigenvalue weighted by Crippen LogP contribution is -1.86. The second-order valence-corrected chi connectivity index (χ2v) is 7.21. The average molecular weight is 455 g/mol. The number of pyridine rings is 1. The Morgan fingerprint density at radius 3 is 1.57 bits per heavy atom. The molecule has 0 saturated heterocycles. The summed E-state index contributed by atoms with van der Waals surface area (Å²) in [5.74, 6) is 0.437. The van der Waals surface area contributed by atoms with Gasteiger partial charge in [0.15, 0.2) is 11.6 Å². The Morgan fingerprint density at radius 2 is 1.14 bits per heavy atom. The van der Waals surface area contributed by atoms with Gasteiger partial charge in [0.2, 0.25) is 0 Å². The molecule has 0 aliphatic rings. The van der Waals surface area contributed by atoms with Crippen molar-refractivity contribution in [1.82, 2.24) is 4.98 Å². The summed E-state index contributed by atoms with van der Waals surface area (Å²) in [6.45, 7) is 0. The van der Waals surface area contributed by atoms with Gasteiger partial charge in [-0.05, 0) is 36.4 Å². The second kappa shape index (κ2) is 8.80. The molecule has 0 radical (unpaired) electrons. The van der Waals surface area contributed by atoms with Gasteiger partial charge in [0.05, 0.1) is 10.0 Å². The number of phenolic OH excluding ortho intramolecular Hbond substituents is 2. The van der Waals surface area contributed by atoms with Crippen molar-refractivity contribution in [2.45, 2.75) is 0 Å². The summed E-state index contributed by atoms with van der Waals surface area (Å²) in [6, 6.07) is 10.9. The molecule has 9 heteroatoms. The summed E-state index contributed by atoms with van der Waals surface area (Å²) >= 11 is 23.6. The Balaban J connectivity index is 1.85. The fourth-order valence-corrected chi connectivity index (χ4v) is 3.21. The topological polar surface area (TPSA) is 78.1 Å². The Morgan fingerprint density at radius 1 is 0.714 bits per heavy atom. The van der Waals surface area contributed by atoms with E-state index in [0.29, 0.717) is 32.8 Å². The van der Waals surface area contributed by atoms with Crippen molar-refractivity contribution in [1.29, 1.82) is 0 Å². The molecule has 0 amide bonds. The van der Waals surface area contributed by atoms with E-state index in [2.05, 4.69) is 15.0 Å². The molecule has 1 aromatic heterocycles. The molecule has 0 aliphatic carbocycles. The normalized spacial score (nSPS) is 11.6. The number of rotatable bonds is 4. The molecular weight excluding hydrogens is 444 g/mol. The van der Waals surface area contributed by atoms with Gasteiger partial charge in [-0.3, -0.25) is 0 Å². The van der Waals surface area contributed by atoms with Crippen molar-refractivity contribution in [2.75, 3.05) is 0 Å². The minimum atomic E-state index is -0.127. The number of phenols is 2. The summed E-state index contributed by atoms with van der Waals surface area (Å²) in [6.07, 6.45) is 2.79. The van der Waals surface area contributed by atoms with Crippen LogP contribution in [0, 0.1) is 0 Å². The van der Waals surface area contributed by atoms with Crippen molar-refractivity contribution < 1.29 is 10.2 Å². The molecule has 2 aromatic carbocycles. The first kappa shape index (κ1) is 20.4. The third kappa shape index (κ3) is 4.94. The molecule has 0 bridgehead atoms. The summed E-state index contributed by atoms with van der Waals surface area (Å²) < 4.78 is 0. The molecule has 0 fully saturated rings. The number of halogens is 4. The third-order valence-electron chi connectivity index (χ3n) is 3.51. The highest BCUT2D eigenvalue weighted by atomic mass is 35.5. The molecule has 142 valence electrons. The smallest absolute Gasteiger partial charge is 0.154 e. The molecule has 0 spiro atoms. The van der Waals surface area contributed by atoms with E-state index in [1.54, 1.807) is 18.2 Å². The van der Waals surface area contributed by atoms with Crippen LogP contribution in [0.4, 0.5) is 11.6 Å². The zero-order valence-electron chi connectivity index (χ0n) is 13.9. The van der Waals surface area contributed by atoms with E-state index in [1.165, 1.54) is 36.7 Å². The maximum absolute atomic E-state index is 9.96. The monoisotopic (exact) mass is 453 g/mol. The molecule has 0 aliphatic heterocycles. The van der Waals surface area contributed by atoms with E-state index in [4.69, 9.17) is 46.4 Å². The van der Waals surface area contributed by atoms with E-state index >= 15 is 0 Å². The standard InChI is InChI=1S/C19H11Cl4N3O2/c20-12-4-10(18(27)14(22)6-12)8-24-16-2-1-3-17(26-16)25-9-11-5-13(21)7-15(23)19(11)28/h1-9,27-28H/b24-8+,25-9?. The van der Waals surface area contributed by atoms with E-state index in [9.17, 15) is 10.2 Å². The first-order valence-corrected chi connectivity index (χ1v) is 9.26. The zero-order chi connectivity index (χ0) is 20.3. The number of hydrogen-bond acceptors (Lipinski definition) is 5. The summed E-state index contributed by atoms with van der Waals surface area (Å²) in [4.78, 5) is 12.7. The molecule has 3 aromatic rings. The lowest BCUT2D eigenvalue weighted by Gasteiger charge is -2.03. The predicted octanol–water partition coefficient (Wildman–Crippen LogP) is 6.61. The fraction of sp³-hybridized carbons (Fsp3) is 0. The van der Waals surface area contributed by atoms with Crippen LogP contribution in [-0.4, -0.2) is 27.6 Å². The third-order valence-corrected chi connectivity index (χ3v) is 4.52. The van der Waals surface area contributed by atoms with Crippen LogP contribution in [0.2, 0.25) is 20.1 Å². The highest BCUT2D eigenvalue weighted by molar-refractivity contribution is 6.36. The second-order valence-electron chi connectivity index (χ2n) is 5.52. The van der Waals surface area contributed by atoms with Crippen molar-refractivity contribution in [3.05, 3.63) is 73.7 Å². The van der Waals surface area contributed by atoms with Gasteiger partial charge < -0.3 is 10.2 Å². The van der Waals surface area contributed by atoms with Gasteiger partial charge in [-0.1, -0.05) is 52.5 Å². The molecule has 0 unspecified atom stereocenters. The molecule has 5 nitrogen and oxygen atoms in total. The molecule has 0 saturated carbocycles. The minimum absolute atomic E-state index is 0.125. The fourth-order valence-electron chi connectivity index (χ4n) is 2.20. The van der Waals surface area contributed by atoms with Crippen molar-refractivity contribution in [2.24, 2.45) is 9.98 Å². The minimum Gasteiger partial charge on any atom is -0.506 e. The Bertz CT molecular complexity index is 1020. The lowest BCUT2D eigenvalue weighted by molar-refractivity contribution is 0.474. The van der Waals surface area contributed by atoms with Crippen molar-refractivity contribution in [3.8, 4) is 11.5 Å². The highest BCUT2D eigenvalue weighted by Crippen LogP contribution is 2.31. The molecule has 3 rings (SSSR count). The van der Waals surface area contributed by atoms with Crippen LogP contribution in [0.25, 0.3) is 0 Å². The van der Waals surface area contributed by atoms with Gasteiger partial charge in [0.1, 0.15) is 11.5 Å². The molecule has 1 heterocycles. The molecular formula is C19H11Cl4N3O2. The van der Waals surface area contributed by atoms with E-state index in [1.807, 2.05) is 0 Å². The molecule has 2 N–H and O–H groups in total. The summed E-state index contributed by atoms with van der Waals surface area (Å²) in [7, 11) is 0. The van der Waals surface area contributed by atoms with Crippen LogP contribution in [-0.2, 0) is 0 Å². The van der Waals surface area contributed by atoms with Crippen LogP contribution in [0.1, 0.15) is 11.1 Å². The largest absolute Gasteiger partial charge is 0.506 e. The van der Waals surface area contributed by atoms with Crippen LogP contribution >= 0.6 is 46.4 Å². The Hall–Kier alpha value is -2.31. The first-order valence-electron chi connectivity index (χ1n) is 7.74. The van der Waals surface area contributed by atoms with Gasteiger partial charge in [0.25, 0.3) is 0 Å². The lowest BCUT2D eigenvalue weighted by atomic mass is 10.2. The van der Waals surface area contributed by atoms with Crippen molar-refractivity contribution in [3.63, 3.8) is 0 Å². The van der Waals surface area contributed by atoms with E-state index in [0.717, 1.165) is 0 Å². The number of nitrogens with zero attached hydrogens (tertiary/aromatic N) is 3. The van der Waals surface area contributed by atoms with Crippen LogP contribution in [0.15, 0.2) is 52.4 Å². The number of hydrogen-bond donors (Lipinski definition) is 2.